The normalized spacial score (nSPS) is 11.4. The van der Waals surface area contributed by atoms with Gasteiger partial charge in [0.05, 0.1) is 0 Å². The molecule has 2 aromatic heterocycles. The standard InChI is InChI=1S/C19H27N7.HI/c1-4-18-25-23-13-26(18)12-11-22-19(20-3)21-10-9-15-14(2)24-17-8-6-5-7-16(15)17;/h5-8,13,24H,4,9-12H2,1-3H3,(H2,20,21,22);1H. The van der Waals surface area contributed by atoms with Crippen molar-refractivity contribution < 1.29 is 0 Å². The van der Waals surface area contributed by atoms with Gasteiger partial charge in [-0.25, -0.2) is 0 Å². The van der Waals surface area contributed by atoms with Gasteiger partial charge >= 0.3 is 0 Å². The van der Waals surface area contributed by atoms with Gasteiger partial charge in [0.15, 0.2) is 5.96 Å². The zero-order valence-corrected chi connectivity index (χ0v) is 18.4. The highest BCUT2D eigenvalue weighted by molar-refractivity contribution is 14.0. The third-order valence-electron chi connectivity index (χ3n) is 4.58. The molecule has 0 aliphatic rings. The Labute approximate surface area is 177 Å². The third-order valence-corrected chi connectivity index (χ3v) is 4.58. The molecule has 0 atom stereocenters. The Morgan fingerprint density at radius 2 is 2.00 bits per heavy atom. The van der Waals surface area contributed by atoms with E-state index in [1.807, 2.05) is 0 Å². The molecule has 0 saturated heterocycles. The lowest BCUT2D eigenvalue weighted by molar-refractivity contribution is 0.632. The number of rotatable bonds is 7. The molecule has 27 heavy (non-hydrogen) atoms. The summed E-state index contributed by atoms with van der Waals surface area (Å²) in [5.41, 5.74) is 3.79. The van der Waals surface area contributed by atoms with Crippen LogP contribution in [-0.2, 0) is 19.4 Å². The molecule has 0 bridgehead atoms. The number of aryl methyl sites for hydroxylation is 2. The Morgan fingerprint density at radius 3 is 2.78 bits per heavy atom. The van der Waals surface area contributed by atoms with E-state index in [1.165, 1.54) is 22.2 Å². The molecular weight excluding hydrogens is 453 g/mol. The van der Waals surface area contributed by atoms with Gasteiger partial charge in [0, 0.05) is 49.7 Å². The first kappa shape index (κ1) is 21.2. The third kappa shape index (κ3) is 5.21. The van der Waals surface area contributed by atoms with Crippen molar-refractivity contribution >= 4 is 40.8 Å². The Bertz CT molecular complexity index is 881. The van der Waals surface area contributed by atoms with E-state index >= 15 is 0 Å². The van der Waals surface area contributed by atoms with Crippen LogP contribution in [0.3, 0.4) is 0 Å². The fraction of sp³-hybridized carbons (Fsp3) is 0.421. The molecule has 3 aromatic rings. The maximum atomic E-state index is 4.30. The van der Waals surface area contributed by atoms with E-state index in [1.54, 1.807) is 13.4 Å². The number of guanidine groups is 1. The van der Waals surface area contributed by atoms with Crippen molar-refractivity contribution in [3.63, 3.8) is 0 Å². The van der Waals surface area contributed by atoms with Gasteiger partial charge in [0.25, 0.3) is 0 Å². The summed E-state index contributed by atoms with van der Waals surface area (Å²) in [5.74, 6) is 1.82. The van der Waals surface area contributed by atoms with Crippen molar-refractivity contribution in [3.8, 4) is 0 Å². The van der Waals surface area contributed by atoms with Crippen molar-refractivity contribution in [1.82, 2.24) is 30.4 Å². The lowest BCUT2D eigenvalue weighted by atomic mass is 10.1. The van der Waals surface area contributed by atoms with Crippen LogP contribution < -0.4 is 10.6 Å². The van der Waals surface area contributed by atoms with E-state index in [9.17, 15) is 0 Å². The highest BCUT2D eigenvalue weighted by atomic mass is 127. The van der Waals surface area contributed by atoms with Crippen LogP contribution in [0.1, 0.15) is 24.0 Å². The molecule has 2 heterocycles. The number of benzene rings is 1. The van der Waals surface area contributed by atoms with Gasteiger partial charge in [-0.3, -0.25) is 4.99 Å². The SMILES string of the molecule is CCc1nncn1CCNC(=NC)NCCc1c(C)[nH]c2ccccc12.I. The van der Waals surface area contributed by atoms with E-state index in [0.29, 0.717) is 0 Å². The Kier molecular flexibility index (Phi) is 8.08. The molecule has 0 spiro atoms. The summed E-state index contributed by atoms with van der Waals surface area (Å²) < 4.78 is 2.07. The molecular formula is C19H28IN7. The Hall–Kier alpha value is -2.10. The van der Waals surface area contributed by atoms with E-state index in [-0.39, 0.29) is 24.0 Å². The van der Waals surface area contributed by atoms with Gasteiger partial charge in [-0.2, -0.15) is 0 Å². The second kappa shape index (κ2) is 10.3. The number of nitrogens with one attached hydrogen (secondary N) is 3. The fourth-order valence-corrected chi connectivity index (χ4v) is 3.22. The predicted molar refractivity (Wildman–Crippen MR) is 121 cm³/mol. The van der Waals surface area contributed by atoms with E-state index in [0.717, 1.165) is 44.3 Å². The molecule has 146 valence electrons. The number of H-pyrrole nitrogens is 1. The number of nitrogens with zero attached hydrogens (tertiary/aromatic N) is 4. The van der Waals surface area contributed by atoms with Crippen LogP contribution in [0.4, 0.5) is 0 Å². The number of aromatic amines is 1. The first-order valence-corrected chi connectivity index (χ1v) is 9.10. The van der Waals surface area contributed by atoms with Gasteiger partial charge in [0.1, 0.15) is 12.2 Å². The lowest BCUT2D eigenvalue weighted by Crippen LogP contribution is -2.39. The Balaban J connectivity index is 0.00000261. The first-order valence-electron chi connectivity index (χ1n) is 9.10. The number of fused-ring (bicyclic) bond motifs is 1. The topological polar surface area (TPSA) is 82.9 Å². The second-order valence-electron chi connectivity index (χ2n) is 6.24. The van der Waals surface area contributed by atoms with Crippen LogP contribution in [0.5, 0.6) is 0 Å². The summed E-state index contributed by atoms with van der Waals surface area (Å²) in [6, 6.07) is 8.44. The Morgan fingerprint density at radius 1 is 1.22 bits per heavy atom. The van der Waals surface area contributed by atoms with Gasteiger partial charge < -0.3 is 20.2 Å². The van der Waals surface area contributed by atoms with Crippen LogP contribution in [-0.4, -0.2) is 45.8 Å². The number of hydrogen-bond acceptors (Lipinski definition) is 3. The van der Waals surface area contributed by atoms with Gasteiger partial charge in [-0.1, -0.05) is 25.1 Å². The average molecular weight is 481 g/mol. The summed E-state index contributed by atoms with van der Waals surface area (Å²) in [6.45, 7) is 6.64. The molecule has 0 fully saturated rings. The van der Waals surface area contributed by atoms with Crippen LogP contribution in [0.2, 0.25) is 0 Å². The molecule has 3 rings (SSSR count). The monoisotopic (exact) mass is 481 g/mol. The molecule has 3 N–H and O–H groups in total. The average Bonchev–Trinajstić information content (AvgIpc) is 3.24. The first-order chi connectivity index (χ1) is 12.7. The molecule has 1 aromatic carbocycles. The zero-order valence-electron chi connectivity index (χ0n) is 16.1. The molecule has 0 amide bonds. The van der Waals surface area contributed by atoms with Crippen molar-refractivity contribution in [1.29, 1.82) is 0 Å². The van der Waals surface area contributed by atoms with Crippen molar-refractivity contribution in [3.05, 3.63) is 47.7 Å². The lowest BCUT2D eigenvalue weighted by Gasteiger charge is -2.12. The zero-order chi connectivity index (χ0) is 18.4. The number of hydrogen-bond donors (Lipinski definition) is 3. The minimum atomic E-state index is 0. The van der Waals surface area contributed by atoms with Crippen LogP contribution in [0.15, 0.2) is 35.6 Å². The highest BCUT2D eigenvalue weighted by Gasteiger charge is 2.08. The van der Waals surface area contributed by atoms with Crippen molar-refractivity contribution in [2.24, 2.45) is 4.99 Å². The van der Waals surface area contributed by atoms with E-state index < -0.39 is 0 Å². The summed E-state index contributed by atoms with van der Waals surface area (Å²) in [6.07, 6.45) is 3.61. The molecule has 0 saturated carbocycles. The van der Waals surface area contributed by atoms with Crippen molar-refractivity contribution in [2.75, 3.05) is 20.1 Å². The number of para-hydroxylation sites is 1. The van der Waals surface area contributed by atoms with Crippen molar-refractivity contribution in [2.45, 2.75) is 33.2 Å². The maximum absolute atomic E-state index is 4.30. The molecule has 0 aliphatic heterocycles. The molecule has 8 heteroatoms. The summed E-state index contributed by atoms with van der Waals surface area (Å²) in [7, 11) is 1.79. The smallest absolute Gasteiger partial charge is 0.191 e. The summed E-state index contributed by atoms with van der Waals surface area (Å²) >= 11 is 0. The number of halogens is 1. The fourth-order valence-electron chi connectivity index (χ4n) is 3.22. The van der Waals surface area contributed by atoms with Crippen LogP contribution in [0.25, 0.3) is 10.9 Å². The summed E-state index contributed by atoms with van der Waals surface area (Å²) in [5, 5.41) is 16.1. The van der Waals surface area contributed by atoms with Crippen LogP contribution in [0, 0.1) is 6.92 Å². The number of aliphatic imine (C=N–C) groups is 1. The minimum Gasteiger partial charge on any atom is -0.358 e. The maximum Gasteiger partial charge on any atom is 0.191 e. The van der Waals surface area contributed by atoms with E-state index in [2.05, 4.69) is 73.5 Å². The second-order valence-corrected chi connectivity index (χ2v) is 6.24. The summed E-state index contributed by atoms with van der Waals surface area (Å²) in [4.78, 5) is 7.75. The number of aromatic nitrogens is 4. The van der Waals surface area contributed by atoms with Gasteiger partial charge in [-0.05, 0) is 25.0 Å². The largest absolute Gasteiger partial charge is 0.358 e. The quantitative estimate of drug-likeness (QED) is 0.275. The molecule has 0 unspecified atom stereocenters. The molecule has 0 aliphatic carbocycles. The van der Waals surface area contributed by atoms with E-state index in [4.69, 9.17) is 0 Å². The van der Waals surface area contributed by atoms with Gasteiger partial charge in [-0.15, -0.1) is 34.2 Å². The minimum absolute atomic E-state index is 0. The molecule has 7 nitrogen and oxygen atoms in total. The predicted octanol–water partition coefficient (Wildman–Crippen LogP) is 2.66. The van der Waals surface area contributed by atoms with Crippen LogP contribution >= 0.6 is 24.0 Å². The molecule has 0 radical (unpaired) electrons. The van der Waals surface area contributed by atoms with Gasteiger partial charge in [0.2, 0.25) is 0 Å². The highest BCUT2D eigenvalue weighted by Crippen LogP contribution is 2.21.